The lowest BCUT2D eigenvalue weighted by Gasteiger charge is -2.07. The molecule has 0 radical (unpaired) electrons. The van der Waals surface area contributed by atoms with Gasteiger partial charge in [-0.1, -0.05) is 18.2 Å². The number of hydrogen-bond donors (Lipinski definition) is 1. The maximum Gasteiger partial charge on any atom is 0.256 e. The van der Waals surface area contributed by atoms with Crippen LogP contribution in [0.25, 0.3) is 0 Å². The van der Waals surface area contributed by atoms with E-state index < -0.39 is 0 Å². The van der Waals surface area contributed by atoms with E-state index in [0.29, 0.717) is 17.9 Å². The number of carbonyl (C=O) groups is 1. The quantitative estimate of drug-likeness (QED) is 0.932. The molecule has 1 aliphatic rings. The van der Waals surface area contributed by atoms with Gasteiger partial charge in [-0.25, -0.2) is 0 Å². The zero-order chi connectivity index (χ0) is 13.9. The average Bonchev–Trinajstić information content (AvgIpc) is 3.09. The normalized spacial score (nSPS) is 18.1. The lowest BCUT2D eigenvalue weighted by Crippen LogP contribution is -2.13. The second-order valence-corrected chi connectivity index (χ2v) is 5.00. The predicted octanol–water partition coefficient (Wildman–Crippen LogP) is 2.41. The highest BCUT2D eigenvalue weighted by Crippen LogP contribution is 2.20. The molecule has 1 aromatic carbocycles. The Hall–Kier alpha value is -2.14. The molecule has 1 amide bonds. The summed E-state index contributed by atoms with van der Waals surface area (Å²) < 4.78 is 7.20. The minimum atomic E-state index is -0.106. The number of aryl methyl sites for hydroxylation is 1. The highest BCUT2D eigenvalue weighted by atomic mass is 16.5. The number of carbonyl (C=O) groups excluding carboxylic acids is 1. The summed E-state index contributed by atoms with van der Waals surface area (Å²) >= 11 is 0. The number of amides is 1. The van der Waals surface area contributed by atoms with Gasteiger partial charge in [0.15, 0.2) is 0 Å². The summed E-state index contributed by atoms with van der Waals surface area (Å²) in [5.41, 5.74) is 2.36. The molecule has 0 bridgehead atoms. The van der Waals surface area contributed by atoms with Crippen molar-refractivity contribution in [1.29, 1.82) is 0 Å². The van der Waals surface area contributed by atoms with Gasteiger partial charge in [-0.05, 0) is 25.0 Å². The van der Waals surface area contributed by atoms with Gasteiger partial charge < -0.3 is 10.1 Å². The van der Waals surface area contributed by atoms with Gasteiger partial charge in [0.25, 0.3) is 5.91 Å². The highest BCUT2D eigenvalue weighted by Gasteiger charge is 2.18. The zero-order valence-electron chi connectivity index (χ0n) is 11.4. The Labute approximate surface area is 117 Å². The molecule has 0 spiro atoms. The van der Waals surface area contributed by atoms with Crippen molar-refractivity contribution in [3.63, 3.8) is 0 Å². The number of benzene rings is 1. The van der Waals surface area contributed by atoms with Gasteiger partial charge in [0.1, 0.15) is 0 Å². The molecular formula is C15H17N3O2. The van der Waals surface area contributed by atoms with Gasteiger partial charge in [0.05, 0.1) is 24.5 Å². The number of ether oxygens (including phenoxy) is 1. The first-order valence-corrected chi connectivity index (χ1v) is 6.73. The maximum atomic E-state index is 12.2. The Balaban J connectivity index is 1.72. The molecule has 1 aromatic heterocycles. The van der Waals surface area contributed by atoms with Crippen LogP contribution in [0.1, 0.15) is 28.4 Å². The Morgan fingerprint density at radius 3 is 3.05 bits per heavy atom. The van der Waals surface area contributed by atoms with E-state index in [1.165, 1.54) is 0 Å². The van der Waals surface area contributed by atoms with Crippen molar-refractivity contribution in [2.24, 2.45) is 0 Å². The fourth-order valence-corrected chi connectivity index (χ4v) is 2.36. The molecule has 20 heavy (non-hydrogen) atoms. The first-order chi connectivity index (χ1) is 9.74. The van der Waals surface area contributed by atoms with Crippen LogP contribution in [0.15, 0.2) is 36.7 Å². The van der Waals surface area contributed by atoms with E-state index >= 15 is 0 Å². The zero-order valence-corrected chi connectivity index (χ0v) is 11.4. The molecule has 1 fully saturated rings. The highest BCUT2D eigenvalue weighted by molar-refractivity contribution is 6.05. The summed E-state index contributed by atoms with van der Waals surface area (Å²) in [4.78, 5) is 12.2. The van der Waals surface area contributed by atoms with E-state index in [-0.39, 0.29) is 11.9 Å². The fraction of sp³-hybridized carbons (Fsp3) is 0.333. The van der Waals surface area contributed by atoms with Crippen molar-refractivity contribution in [3.05, 3.63) is 47.8 Å². The summed E-state index contributed by atoms with van der Waals surface area (Å²) in [6.07, 6.45) is 4.50. The molecule has 5 nitrogen and oxygen atoms in total. The van der Waals surface area contributed by atoms with Crippen LogP contribution in [0.2, 0.25) is 0 Å². The fourth-order valence-electron chi connectivity index (χ4n) is 2.36. The van der Waals surface area contributed by atoms with Crippen molar-refractivity contribution >= 4 is 11.6 Å². The lowest BCUT2D eigenvalue weighted by molar-refractivity contribution is 0.102. The molecule has 3 rings (SSSR count). The molecule has 0 saturated carbocycles. The largest absolute Gasteiger partial charge is 0.379 e. The van der Waals surface area contributed by atoms with Crippen LogP contribution in [0.3, 0.4) is 0 Å². The number of anilines is 1. The van der Waals surface area contributed by atoms with Crippen LogP contribution < -0.4 is 5.32 Å². The van der Waals surface area contributed by atoms with Gasteiger partial charge in [-0.15, -0.1) is 0 Å². The Morgan fingerprint density at radius 2 is 2.30 bits per heavy atom. The minimum absolute atomic E-state index is 0.106. The SMILES string of the molecule is Cc1ccccc1C(=O)Nc1cnn([C@H]2CCOC2)c1. The first kappa shape index (κ1) is 12.9. The van der Waals surface area contributed by atoms with Crippen molar-refractivity contribution in [2.45, 2.75) is 19.4 Å². The summed E-state index contributed by atoms with van der Waals surface area (Å²) in [6, 6.07) is 7.80. The van der Waals surface area contributed by atoms with Crippen LogP contribution in [-0.4, -0.2) is 28.9 Å². The molecular weight excluding hydrogens is 254 g/mol. The van der Waals surface area contributed by atoms with E-state index in [1.54, 1.807) is 6.20 Å². The monoisotopic (exact) mass is 271 g/mol. The minimum Gasteiger partial charge on any atom is -0.379 e. The third-order valence-electron chi connectivity index (χ3n) is 3.53. The average molecular weight is 271 g/mol. The second-order valence-electron chi connectivity index (χ2n) is 5.00. The number of nitrogens with zero attached hydrogens (tertiary/aromatic N) is 2. The van der Waals surface area contributed by atoms with E-state index in [4.69, 9.17) is 4.74 Å². The smallest absolute Gasteiger partial charge is 0.256 e. The van der Waals surface area contributed by atoms with Crippen molar-refractivity contribution in [2.75, 3.05) is 18.5 Å². The number of aromatic nitrogens is 2. The molecule has 0 unspecified atom stereocenters. The van der Waals surface area contributed by atoms with Crippen LogP contribution in [0.5, 0.6) is 0 Å². The summed E-state index contributed by atoms with van der Waals surface area (Å²) in [6.45, 7) is 3.39. The second kappa shape index (κ2) is 5.46. The summed E-state index contributed by atoms with van der Waals surface area (Å²) in [5, 5.41) is 7.17. The third kappa shape index (κ3) is 2.58. The summed E-state index contributed by atoms with van der Waals surface area (Å²) in [5.74, 6) is -0.106. The van der Waals surface area contributed by atoms with E-state index in [1.807, 2.05) is 42.1 Å². The molecule has 0 aliphatic carbocycles. The van der Waals surface area contributed by atoms with Gasteiger partial charge >= 0.3 is 0 Å². The summed E-state index contributed by atoms with van der Waals surface area (Å²) in [7, 11) is 0. The maximum absolute atomic E-state index is 12.2. The van der Waals surface area contributed by atoms with Gasteiger partial charge in [0.2, 0.25) is 0 Å². The molecule has 1 atom stereocenters. The molecule has 2 aromatic rings. The van der Waals surface area contributed by atoms with Crippen LogP contribution in [0, 0.1) is 6.92 Å². The molecule has 1 saturated heterocycles. The lowest BCUT2D eigenvalue weighted by atomic mass is 10.1. The standard InChI is InChI=1S/C15H17N3O2/c1-11-4-2-3-5-14(11)15(19)17-12-8-16-18(9-12)13-6-7-20-10-13/h2-5,8-9,13H,6-7,10H2,1H3,(H,17,19)/t13-/m0/s1. The van der Waals surface area contributed by atoms with E-state index in [2.05, 4.69) is 10.4 Å². The molecule has 2 heterocycles. The van der Waals surface area contributed by atoms with E-state index in [9.17, 15) is 4.79 Å². The van der Waals surface area contributed by atoms with Crippen molar-refractivity contribution in [3.8, 4) is 0 Å². The van der Waals surface area contributed by atoms with Gasteiger partial charge in [-0.2, -0.15) is 5.10 Å². The van der Waals surface area contributed by atoms with Crippen LogP contribution in [-0.2, 0) is 4.74 Å². The van der Waals surface area contributed by atoms with E-state index in [0.717, 1.165) is 18.6 Å². The number of rotatable bonds is 3. The van der Waals surface area contributed by atoms with Crippen LogP contribution in [0.4, 0.5) is 5.69 Å². The predicted molar refractivity (Wildman–Crippen MR) is 75.8 cm³/mol. The molecule has 104 valence electrons. The third-order valence-corrected chi connectivity index (χ3v) is 3.53. The topological polar surface area (TPSA) is 56.2 Å². The first-order valence-electron chi connectivity index (χ1n) is 6.73. The Kier molecular flexibility index (Phi) is 3.52. The van der Waals surface area contributed by atoms with Crippen molar-refractivity contribution in [1.82, 2.24) is 9.78 Å². The molecule has 1 aliphatic heterocycles. The van der Waals surface area contributed by atoms with Gasteiger partial charge in [0, 0.05) is 18.4 Å². The van der Waals surface area contributed by atoms with Crippen LogP contribution >= 0.6 is 0 Å². The van der Waals surface area contributed by atoms with Crippen molar-refractivity contribution < 1.29 is 9.53 Å². The Morgan fingerprint density at radius 1 is 1.45 bits per heavy atom. The molecule has 1 N–H and O–H groups in total. The number of hydrogen-bond acceptors (Lipinski definition) is 3. The number of nitrogens with one attached hydrogen (secondary N) is 1. The van der Waals surface area contributed by atoms with Gasteiger partial charge in [-0.3, -0.25) is 9.48 Å². The molecule has 5 heteroatoms. The Bertz CT molecular complexity index is 615.